The van der Waals surface area contributed by atoms with E-state index in [1.54, 1.807) is 0 Å². The average molecular weight is 260 g/mol. The molecule has 0 atom stereocenters. The Morgan fingerprint density at radius 3 is 2.42 bits per heavy atom. The third-order valence-corrected chi connectivity index (χ3v) is 4.75. The highest BCUT2D eigenvalue weighted by molar-refractivity contribution is 5.30. The summed E-state index contributed by atoms with van der Waals surface area (Å²) in [6.07, 6.45) is 5.42. The first-order valence-electron chi connectivity index (χ1n) is 7.48. The van der Waals surface area contributed by atoms with Crippen LogP contribution in [0.1, 0.15) is 42.4 Å². The Balaban J connectivity index is 1.92. The summed E-state index contributed by atoms with van der Waals surface area (Å²) in [5.41, 5.74) is 4.57. The number of nitrogens with one attached hydrogen (secondary N) is 1. The fraction of sp³-hybridized carbons (Fsp3) is 0.647. The molecule has 0 amide bonds. The monoisotopic (exact) mass is 260 g/mol. The molecule has 0 unspecified atom stereocenters. The number of benzene rings is 1. The molecule has 1 aromatic rings. The van der Waals surface area contributed by atoms with Gasteiger partial charge in [-0.2, -0.15) is 0 Å². The van der Waals surface area contributed by atoms with Crippen LogP contribution in [0.5, 0.6) is 0 Å². The maximum atomic E-state index is 3.68. The summed E-state index contributed by atoms with van der Waals surface area (Å²) in [5, 5.41) is 3.68. The van der Waals surface area contributed by atoms with Gasteiger partial charge in [-0.1, -0.05) is 36.6 Å². The van der Waals surface area contributed by atoms with Crippen molar-refractivity contribution < 1.29 is 0 Å². The quantitative estimate of drug-likeness (QED) is 0.874. The lowest BCUT2D eigenvalue weighted by atomic mass is 9.95. The van der Waals surface area contributed by atoms with Crippen molar-refractivity contribution in [1.29, 1.82) is 0 Å². The van der Waals surface area contributed by atoms with E-state index in [1.807, 2.05) is 0 Å². The Morgan fingerprint density at radius 1 is 1.16 bits per heavy atom. The van der Waals surface area contributed by atoms with E-state index in [0.717, 1.165) is 13.1 Å². The van der Waals surface area contributed by atoms with Crippen LogP contribution in [0.15, 0.2) is 18.2 Å². The number of rotatable bonds is 5. The number of hydrogen-bond acceptors (Lipinski definition) is 2. The van der Waals surface area contributed by atoms with Crippen molar-refractivity contribution in [2.45, 2.75) is 51.6 Å². The zero-order valence-electron chi connectivity index (χ0n) is 12.9. The summed E-state index contributed by atoms with van der Waals surface area (Å²) in [4.78, 5) is 2.43. The van der Waals surface area contributed by atoms with E-state index in [9.17, 15) is 0 Å². The first-order chi connectivity index (χ1) is 9.03. The minimum Gasteiger partial charge on any atom is -0.311 e. The van der Waals surface area contributed by atoms with Crippen molar-refractivity contribution in [1.82, 2.24) is 10.2 Å². The molecule has 0 aromatic heterocycles. The molecule has 1 aliphatic carbocycles. The van der Waals surface area contributed by atoms with Gasteiger partial charge in [0.25, 0.3) is 0 Å². The number of hydrogen-bond donors (Lipinski definition) is 1. The third-order valence-electron chi connectivity index (χ3n) is 4.75. The first kappa shape index (κ1) is 14.5. The molecule has 2 nitrogen and oxygen atoms in total. The Bertz CT molecular complexity index is 417. The van der Waals surface area contributed by atoms with Crippen LogP contribution in [0, 0.1) is 13.8 Å². The second-order valence-electron chi connectivity index (χ2n) is 6.36. The van der Waals surface area contributed by atoms with Gasteiger partial charge in [0, 0.05) is 18.6 Å². The Labute approximate surface area is 118 Å². The zero-order chi connectivity index (χ0) is 13.9. The second-order valence-corrected chi connectivity index (χ2v) is 6.36. The van der Waals surface area contributed by atoms with E-state index in [4.69, 9.17) is 0 Å². The minimum absolute atomic E-state index is 0.388. The zero-order valence-corrected chi connectivity index (χ0v) is 12.9. The van der Waals surface area contributed by atoms with Crippen LogP contribution in [0.4, 0.5) is 0 Å². The number of likely N-dealkylation sites (N-methyl/N-ethyl adjacent to an activating group) is 1. The fourth-order valence-corrected chi connectivity index (χ4v) is 3.29. The predicted molar refractivity (Wildman–Crippen MR) is 82.5 cm³/mol. The molecule has 0 radical (unpaired) electrons. The minimum atomic E-state index is 0.388. The van der Waals surface area contributed by atoms with Crippen LogP contribution in [-0.2, 0) is 6.54 Å². The summed E-state index contributed by atoms with van der Waals surface area (Å²) in [7, 11) is 4.45. The van der Waals surface area contributed by atoms with E-state index in [-0.39, 0.29) is 0 Å². The van der Waals surface area contributed by atoms with Gasteiger partial charge in [0.05, 0.1) is 0 Å². The fourth-order valence-electron chi connectivity index (χ4n) is 3.29. The smallest absolute Gasteiger partial charge is 0.0328 e. The molecule has 1 fully saturated rings. The predicted octanol–water partition coefficient (Wildman–Crippen LogP) is 3.27. The number of nitrogens with zero attached hydrogens (tertiary/aromatic N) is 1. The Hall–Kier alpha value is -0.860. The van der Waals surface area contributed by atoms with E-state index < -0.39 is 0 Å². The average Bonchev–Trinajstić information content (AvgIpc) is 2.82. The molecule has 0 heterocycles. The summed E-state index contributed by atoms with van der Waals surface area (Å²) in [5.74, 6) is 0. The molecule has 0 spiro atoms. The lowest BCUT2D eigenvalue weighted by Crippen LogP contribution is -2.49. The summed E-state index contributed by atoms with van der Waals surface area (Å²) in [6, 6.07) is 6.74. The van der Waals surface area contributed by atoms with Crippen LogP contribution in [0.25, 0.3) is 0 Å². The molecule has 1 N–H and O–H groups in total. The standard InChI is InChI=1S/C17H28N2/c1-14-7-8-16(15(2)11-14)12-18-13-17(19(3)4)9-5-6-10-17/h7-8,11,18H,5-6,9-10,12-13H2,1-4H3. The van der Waals surface area contributed by atoms with Gasteiger partial charge in [-0.15, -0.1) is 0 Å². The van der Waals surface area contributed by atoms with Gasteiger partial charge in [-0.3, -0.25) is 0 Å². The van der Waals surface area contributed by atoms with E-state index in [0.29, 0.717) is 5.54 Å². The molecule has 0 bridgehead atoms. The molecule has 1 aliphatic rings. The van der Waals surface area contributed by atoms with Crippen LogP contribution >= 0.6 is 0 Å². The first-order valence-corrected chi connectivity index (χ1v) is 7.48. The van der Waals surface area contributed by atoms with Crippen LogP contribution in [0.3, 0.4) is 0 Å². The summed E-state index contributed by atoms with van der Waals surface area (Å²) < 4.78 is 0. The topological polar surface area (TPSA) is 15.3 Å². The van der Waals surface area contributed by atoms with Crippen molar-refractivity contribution in [2.24, 2.45) is 0 Å². The van der Waals surface area contributed by atoms with Crippen molar-refractivity contribution in [3.63, 3.8) is 0 Å². The van der Waals surface area contributed by atoms with E-state index in [1.165, 1.54) is 42.4 Å². The lowest BCUT2D eigenvalue weighted by molar-refractivity contribution is 0.153. The highest BCUT2D eigenvalue weighted by atomic mass is 15.2. The van der Waals surface area contributed by atoms with E-state index in [2.05, 4.69) is 56.4 Å². The van der Waals surface area contributed by atoms with Gasteiger partial charge >= 0.3 is 0 Å². The van der Waals surface area contributed by atoms with E-state index >= 15 is 0 Å². The molecule has 0 aliphatic heterocycles. The van der Waals surface area contributed by atoms with Crippen LogP contribution < -0.4 is 5.32 Å². The van der Waals surface area contributed by atoms with Gasteiger partial charge in [-0.05, 0) is 51.9 Å². The summed E-state index contributed by atoms with van der Waals surface area (Å²) in [6.45, 7) is 6.46. The Kier molecular flexibility index (Phi) is 4.64. The maximum absolute atomic E-state index is 3.68. The van der Waals surface area contributed by atoms with Crippen molar-refractivity contribution in [3.05, 3.63) is 34.9 Å². The molecule has 0 saturated heterocycles. The molecular weight excluding hydrogens is 232 g/mol. The largest absolute Gasteiger partial charge is 0.311 e. The SMILES string of the molecule is Cc1ccc(CNCC2(N(C)C)CCCC2)c(C)c1. The molecular formula is C17H28N2. The van der Waals surface area contributed by atoms with Crippen LogP contribution in [-0.4, -0.2) is 31.1 Å². The van der Waals surface area contributed by atoms with Crippen molar-refractivity contribution in [3.8, 4) is 0 Å². The molecule has 19 heavy (non-hydrogen) atoms. The van der Waals surface area contributed by atoms with Gasteiger partial charge in [0.15, 0.2) is 0 Å². The Morgan fingerprint density at radius 2 is 1.84 bits per heavy atom. The molecule has 106 valence electrons. The molecule has 1 saturated carbocycles. The molecule has 2 rings (SSSR count). The van der Waals surface area contributed by atoms with Gasteiger partial charge in [0.2, 0.25) is 0 Å². The summed E-state index contributed by atoms with van der Waals surface area (Å²) >= 11 is 0. The lowest BCUT2D eigenvalue weighted by Gasteiger charge is -2.36. The molecule has 1 aromatic carbocycles. The van der Waals surface area contributed by atoms with Crippen LogP contribution in [0.2, 0.25) is 0 Å². The normalized spacial score (nSPS) is 18.2. The third kappa shape index (κ3) is 3.37. The van der Waals surface area contributed by atoms with Gasteiger partial charge < -0.3 is 10.2 Å². The highest BCUT2D eigenvalue weighted by Gasteiger charge is 2.35. The highest BCUT2D eigenvalue weighted by Crippen LogP contribution is 2.33. The number of aryl methyl sites for hydroxylation is 2. The maximum Gasteiger partial charge on any atom is 0.0328 e. The van der Waals surface area contributed by atoms with Crippen molar-refractivity contribution >= 4 is 0 Å². The van der Waals surface area contributed by atoms with Crippen molar-refractivity contribution in [2.75, 3.05) is 20.6 Å². The van der Waals surface area contributed by atoms with Gasteiger partial charge in [0.1, 0.15) is 0 Å². The van der Waals surface area contributed by atoms with Gasteiger partial charge in [-0.25, -0.2) is 0 Å². The second kappa shape index (κ2) is 6.06. The molecule has 2 heteroatoms.